The second-order valence-corrected chi connectivity index (χ2v) is 6.80. The highest BCUT2D eigenvalue weighted by atomic mass is 32.3. The molecule has 0 saturated heterocycles. The second-order valence-electron chi connectivity index (χ2n) is 3.07. The van der Waals surface area contributed by atoms with E-state index in [9.17, 15) is 8.42 Å². The van der Waals surface area contributed by atoms with Gasteiger partial charge in [0, 0.05) is 17.6 Å². The first-order valence-electron chi connectivity index (χ1n) is 5.20. The van der Waals surface area contributed by atoms with Gasteiger partial charge in [-0.2, -0.15) is 8.42 Å². The molecule has 0 saturated carbocycles. The summed E-state index contributed by atoms with van der Waals surface area (Å²) in [6.45, 7) is 4.11. The van der Waals surface area contributed by atoms with Gasteiger partial charge in [-0.3, -0.25) is 0 Å². The maximum absolute atomic E-state index is 11.1. The largest absolute Gasteiger partial charge is 0.405 e. The van der Waals surface area contributed by atoms with Crippen molar-refractivity contribution < 1.29 is 16.4 Å². The van der Waals surface area contributed by atoms with Crippen molar-refractivity contribution >= 4 is 28.0 Å². The topological polar surface area (TPSA) is 52.6 Å². The van der Waals surface area contributed by atoms with Crippen LogP contribution in [0.2, 0.25) is 0 Å². The zero-order chi connectivity index (χ0) is 11.6. The molecule has 2 unspecified atom stereocenters. The molecule has 0 fully saturated rings. The van der Waals surface area contributed by atoms with Crippen molar-refractivity contribution in [3.63, 3.8) is 0 Å². The molecule has 0 aliphatic rings. The molecule has 0 aliphatic heterocycles. The standard InChI is InChI=1S/C8H20O4P2S/c1-3-5-7-13-11-15(9,10)12-14-8-6-4-2/h13-14H,3-8H2,1-2H3. The van der Waals surface area contributed by atoms with E-state index in [-0.39, 0.29) is 17.6 Å². The number of rotatable bonds is 10. The summed E-state index contributed by atoms with van der Waals surface area (Å²) < 4.78 is 31.6. The van der Waals surface area contributed by atoms with Crippen LogP contribution in [-0.2, 0) is 18.3 Å². The molecule has 4 nitrogen and oxygen atoms in total. The Morgan fingerprint density at radius 1 is 0.933 bits per heavy atom. The van der Waals surface area contributed by atoms with Crippen LogP contribution in [-0.4, -0.2) is 20.7 Å². The van der Waals surface area contributed by atoms with E-state index in [0.717, 1.165) is 38.0 Å². The number of hydrogen-bond acceptors (Lipinski definition) is 4. The fraction of sp³-hybridized carbons (Fsp3) is 1.00. The third-order valence-corrected chi connectivity index (χ3v) is 5.28. The molecule has 0 radical (unpaired) electrons. The molecule has 0 aromatic carbocycles. The molecule has 0 bridgehead atoms. The lowest BCUT2D eigenvalue weighted by atomic mass is 10.4. The lowest BCUT2D eigenvalue weighted by molar-refractivity contribution is 0.429. The minimum absolute atomic E-state index is 0.00590. The normalized spacial score (nSPS) is 13.5. The first kappa shape index (κ1) is 15.7. The van der Waals surface area contributed by atoms with Crippen LogP contribution in [0.25, 0.3) is 0 Å². The Bertz CT molecular complexity index is 213. The molecule has 0 aromatic heterocycles. The summed E-state index contributed by atoms with van der Waals surface area (Å²) in [4.78, 5) is 0. The van der Waals surface area contributed by atoms with Gasteiger partial charge < -0.3 is 0 Å². The van der Waals surface area contributed by atoms with Crippen LogP contribution in [0.3, 0.4) is 0 Å². The SMILES string of the molecule is CCCCPOS(=O)(=O)OPCCCC. The van der Waals surface area contributed by atoms with Crippen LogP contribution in [0.5, 0.6) is 0 Å². The van der Waals surface area contributed by atoms with Crippen LogP contribution < -0.4 is 0 Å². The molecular formula is C8H20O4P2S. The minimum Gasteiger partial charge on any atom is -0.229 e. The highest BCUT2D eigenvalue weighted by molar-refractivity contribution is 7.87. The van der Waals surface area contributed by atoms with Gasteiger partial charge in [-0.1, -0.05) is 26.7 Å². The highest BCUT2D eigenvalue weighted by Gasteiger charge is 2.10. The van der Waals surface area contributed by atoms with Crippen molar-refractivity contribution in [3.8, 4) is 0 Å². The number of hydrogen-bond donors (Lipinski definition) is 0. The smallest absolute Gasteiger partial charge is 0.229 e. The Balaban J connectivity index is 3.50. The van der Waals surface area contributed by atoms with Crippen LogP contribution in [0.1, 0.15) is 39.5 Å². The predicted molar refractivity (Wildman–Crippen MR) is 67.3 cm³/mol. The number of unbranched alkanes of at least 4 members (excludes halogenated alkanes) is 2. The summed E-state index contributed by atoms with van der Waals surface area (Å²) in [5.41, 5.74) is 0. The molecule has 7 heteroatoms. The first-order chi connectivity index (χ1) is 7.12. The van der Waals surface area contributed by atoms with Crippen LogP contribution in [0.4, 0.5) is 0 Å². The first-order valence-corrected chi connectivity index (χ1v) is 8.76. The highest BCUT2D eigenvalue weighted by Crippen LogP contribution is 2.25. The lowest BCUT2D eigenvalue weighted by Crippen LogP contribution is -2.00. The fourth-order valence-electron chi connectivity index (χ4n) is 0.743. The van der Waals surface area contributed by atoms with E-state index in [2.05, 4.69) is 13.8 Å². The maximum Gasteiger partial charge on any atom is 0.405 e. The van der Waals surface area contributed by atoms with Gasteiger partial charge in [0.2, 0.25) is 0 Å². The molecule has 15 heavy (non-hydrogen) atoms. The molecule has 0 heterocycles. The molecule has 0 spiro atoms. The monoisotopic (exact) mass is 274 g/mol. The summed E-state index contributed by atoms with van der Waals surface area (Å²) in [7, 11) is -3.73. The van der Waals surface area contributed by atoms with Crippen LogP contribution >= 0.6 is 17.6 Å². The maximum atomic E-state index is 11.1. The molecular weight excluding hydrogens is 254 g/mol. The Hall–Kier alpha value is 0.730. The fourth-order valence-corrected chi connectivity index (χ4v) is 4.00. The van der Waals surface area contributed by atoms with Crippen LogP contribution in [0.15, 0.2) is 0 Å². The quantitative estimate of drug-likeness (QED) is 0.454. The third kappa shape index (κ3) is 11.0. The molecule has 0 N–H and O–H groups in total. The molecule has 0 amide bonds. The molecule has 0 aliphatic carbocycles. The van der Waals surface area contributed by atoms with E-state index < -0.39 is 10.4 Å². The van der Waals surface area contributed by atoms with Gasteiger partial charge in [-0.15, -0.1) is 0 Å². The average molecular weight is 274 g/mol. The van der Waals surface area contributed by atoms with E-state index in [1.54, 1.807) is 0 Å². The Kier molecular flexibility index (Phi) is 10.4. The Morgan fingerprint density at radius 2 is 1.33 bits per heavy atom. The molecule has 2 atom stereocenters. The van der Waals surface area contributed by atoms with Crippen molar-refractivity contribution in [2.45, 2.75) is 39.5 Å². The summed E-state index contributed by atoms with van der Waals surface area (Å²) >= 11 is 0. The zero-order valence-corrected chi connectivity index (χ0v) is 12.1. The predicted octanol–water partition coefficient (Wildman–Crippen LogP) is 3.05. The molecule has 92 valence electrons. The van der Waals surface area contributed by atoms with Crippen molar-refractivity contribution in [2.75, 3.05) is 12.3 Å². The molecule has 0 aromatic rings. The summed E-state index contributed by atoms with van der Waals surface area (Å²) in [5.74, 6) is 0. The van der Waals surface area contributed by atoms with Gasteiger partial charge in [0.15, 0.2) is 0 Å². The van der Waals surface area contributed by atoms with Gasteiger partial charge in [0.05, 0.1) is 0 Å². The second kappa shape index (κ2) is 9.92. The van der Waals surface area contributed by atoms with E-state index >= 15 is 0 Å². The lowest BCUT2D eigenvalue weighted by Gasteiger charge is -2.04. The van der Waals surface area contributed by atoms with Crippen molar-refractivity contribution in [1.29, 1.82) is 0 Å². The van der Waals surface area contributed by atoms with E-state index in [4.69, 9.17) is 7.94 Å². The Labute approximate surface area is 96.6 Å². The van der Waals surface area contributed by atoms with Crippen molar-refractivity contribution in [2.24, 2.45) is 0 Å². The van der Waals surface area contributed by atoms with E-state index in [1.165, 1.54) is 0 Å². The van der Waals surface area contributed by atoms with E-state index in [1.807, 2.05) is 0 Å². The Morgan fingerprint density at radius 3 is 1.67 bits per heavy atom. The summed E-state index contributed by atoms with van der Waals surface area (Å²) in [6, 6.07) is 0. The van der Waals surface area contributed by atoms with E-state index in [0.29, 0.717) is 0 Å². The van der Waals surface area contributed by atoms with Gasteiger partial charge in [0.25, 0.3) is 0 Å². The third-order valence-electron chi connectivity index (χ3n) is 1.59. The van der Waals surface area contributed by atoms with Gasteiger partial charge >= 0.3 is 10.4 Å². The van der Waals surface area contributed by atoms with Crippen molar-refractivity contribution in [3.05, 3.63) is 0 Å². The minimum atomic E-state index is -3.72. The molecule has 0 rings (SSSR count). The van der Waals surface area contributed by atoms with Gasteiger partial charge in [0.1, 0.15) is 0 Å². The van der Waals surface area contributed by atoms with Crippen molar-refractivity contribution in [1.82, 2.24) is 0 Å². The van der Waals surface area contributed by atoms with Crippen LogP contribution in [0, 0.1) is 0 Å². The van der Waals surface area contributed by atoms with Gasteiger partial charge in [-0.05, 0) is 25.2 Å². The average Bonchev–Trinajstić information content (AvgIpc) is 2.20. The zero-order valence-electron chi connectivity index (χ0n) is 9.28. The summed E-state index contributed by atoms with van der Waals surface area (Å²) in [5, 5.41) is 0. The van der Waals surface area contributed by atoms with Gasteiger partial charge in [-0.25, -0.2) is 7.94 Å². The summed E-state index contributed by atoms with van der Waals surface area (Å²) in [6.07, 6.45) is 5.66.